The van der Waals surface area contributed by atoms with Gasteiger partial charge < -0.3 is 20.5 Å². The molecule has 0 saturated carbocycles. The fourth-order valence-electron chi connectivity index (χ4n) is 1.49. The lowest BCUT2D eigenvalue weighted by Crippen LogP contribution is -2.13. The van der Waals surface area contributed by atoms with E-state index in [1.807, 2.05) is 0 Å². The van der Waals surface area contributed by atoms with Crippen molar-refractivity contribution in [3.63, 3.8) is 0 Å². The average Bonchev–Trinajstić information content (AvgIpc) is 3.00. The van der Waals surface area contributed by atoms with Gasteiger partial charge in [0.05, 0.1) is 13.2 Å². The number of nitrogen functional groups attached to an aromatic ring is 1. The van der Waals surface area contributed by atoms with E-state index in [4.69, 9.17) is 15.2 Å². The first-order chi connectivity index (χ1) is 10.3. The molecule has 0 fully saturated rings. The van der Waals surface area contributed by atoms with Crippen LogP contribution in [-0.2, 0) is 9.47 Å². The molecule has 0 aliphatic carbocycles. The van der Waals surface area contributed by atoms with E-state index in [0.29, 0.717) is 38.3 Å². The second kappa shape index (κ2) is 8.07. The Hall–Kier alpha value is -2.33. The van der Waals surface area contributed by atoms with E-state index < -0.39 is 0 Å². The minimum Gasteiger partial charge on any atom is -0.382 e. The number of nitrogens with two attached hydrogens (primary N) is 1. The van der Waals surface area contributed by atoms with Gasteiger partial charge in [0.2, 0.25) is 11.9 Å². The summed E-state index contributed by atoms with van der Waals surface area (Å²) in [5, 5.41) is 7.01. The van der Waals surface area contributed by atoms with Gasteiger partial charge in [0.15, 0.2) is 0 Å². The van der Waals surface area contributed by atoms with Crippen LogP contribution >= 0.6 is 0 Å². The Kier molecular flexibility index (Phi) is 5.79. The Morgan fingerprint density at radius 3 is 2.90 bits per heavy atom. The molecule has 21 heavy (non-hydrogen) atoms. The van der Waals surface area contributed by atoms with Crippen molar-refractivity contribution in [1.82, 2.24) is 29.7 Å². The van der Waals surface area contributed by atoms with Crippen LogP contribution in [0.1, 0.15) is 6.42 Å². The number of nitrogens with zero attached hydrogens (tertiary/aromatic N) is 6. The van der Waals surface area contributed by atoms with Crippen LogP contribution in [0.25, 0.3) is 5.95 Å². The van der Waals surface area contributed by atoms with Crippen LogP contribution in [0.4, 0.5) is 11.9 Å². The topological polar surface area (TPSA) is 126 Å². The summed E-state index contributed by atoms with van der Waals surface area (Å²) in [5.74, 6) is 0.832. The van der Waals surface area contributed by atoms with Crippen molar-refractivity contribution in [2.24, 2.45) is 0 Å². The van der Waals surface area contributed by atoms with Crippen LogP contribution in [-0.4, -0.2) is 63.2 Å². The predicted octanol–water partition coefficient (Wildman–Crippen LogP) is -0.500. The molecule has 0 radical (unpaired) electrons. The van der Waals surface area contributed by atoms with Gasteiger partial charge in [-0.05, 0) is 6.42 Å². The summed E-state index contributed by atoms with van der Waals surface area (Å²) >= 11 is 0. The third-order valence-corrected chi connectivity index (χ3v) is 2.44. The van der Waals surface area contributed by atoms with Gasteiger partial charge in [-0.2, -0.15) is 24.7 Å². The van der Waals surface area contributed by atoms with E-state index in [0.717, 1.165) is 6.42 Å². The standard InChI is InChI=1S/C11H18N8O2/c1-20-5-6-21-4-2-3-14-10-16-9(12)17-11(18-10)19-8-13-7-15-19/h7-8H,2-6H2,1H3,(H3,12,14,16,17,18). The molecule has 0 spiro atoms. The minimum atomic E-state index is 0.120. The highest BCUT2D eigenvalue weighted by Crippen LogP contribution is 2.05. The molecule has 2 rings (SSSR count). The van der Waals surface area contributed by atoms with Gasteiger partial charge in [-0.1, -0.05) is 0 Å². The van der Waals surface area contributed by atoms with Gasteiger partial charge in [-0.25, -0.2) is 4.98 Å². The Balaban J connectivity index is 1.81. The third-order valence-electron chi connectivity index (χ3n) is 2.44. The number of hydrogen-bond donors (Lipinski definition) is 2. The van der Waals surface area contributed by atoms with Crippen molar-refractivity contribution >= 4 is 11.9 Å². The lowest BCUT2D eigenvalue weighted by molar-refractivity contribution is 0.0705. The van der Waals surface area contributed by atoms with Gasteiger partial charge >= 0.3 is 0 Å². The molecule has 0 amide bonds. The van der Waals surface area contributed by atoms with Crippen molar-refractivity contribution < 1.29 is 9.47 Å². The molecule has 0 bridgehead atoms. The zero-order valence-corrected chi connectivity index (χ0v) is 11.8. The summed E-state index contributed by atoms with van der Waals surface area (Å²) in [4.78, 5) is 16.0. The van der Waals surface area contributed by atoms with Gasteiger partial charge in [0.25, 0.3) is 5.95 Å². The molecule has 3 N–H and O–H groups in total. The molecule has 114 valence electrons. The first-order valence-corrected chi connectivity index (χ1v) is 6.46. The number of ether oxygens (including phenoxy) is 2. The number of hydrogen-bond acceptors (Lipinski definition) is 9. The maximum atomic E-state index is 5.65. The van der Waals surface area contributed by atoms with E-state index in [2.05, 4.69) is 30.4 Å². The molecule has 0 aromatic carbocycles. The highest BCUT2D eigenvalue weighted by Gasteiger charge is 2.06. The first-order valence-electron chi connectivity index (χ1n) is 6.46. The summed E-state index contributed by atoms with van der Waals surface area (Å²) in [6.07, 6.45) is 3.70. The number of anilines is 2. The summed E-state index contributed by atoms with van der Waals surface area (Å²) in [6.45, 7) is 2.48. The molecule has 10 heteroatoms. The molecule has 10 nitrogen and oxygen atoms in total. The molecular formula is C11H18N8O2. The van der Waals surface area contributed by atoms with Gasteiger partial charge in [0, 0.05) is 20.3 Å². The molecule has 2 aromatic heterocycles. The quantitative estimate of drug-likeness (QED) is 0.588. The normalized spacial score (nSPS) is 10.7. The number of aromatic nitrogens is 6. The van der Waals surface area contributed by atoms with E-state index in [9.17, 15) is 0 Å². The second-order valence-corrected chi connectivity index (χ2v) is 4.04. The van der Waals surface area contributed by atoms with Crippen LogP contribution in [0.2, 0.25) is 0 Å². The van der Waals surface area contributed by atoms with Crippen molar-refractivity contribution in [3.05, 3.63) is 12.7 Å². The minimum absolute atomic E-state index is 0.120. The largest absolute Gasteiger partial charge is 0.382 e. The van der Waals surface area contributed by atoms with Gasteiger partial charge in [-0.3, -0.25) is 0 Å². The van der Waals surface area contributed by atoms with Crippen LogP contribution in [0.3, 0.4) is 0 Å². The van der Waals surface area contributed by atoms with Crippen LogP contribution in [0, 0.1) is 0 Å². The van der Waals surface area contributed by atoms with Crippen LogP contribution < -0.4 is 11.1 Å². The summed E-state index contributed by atoms with van der Waals surface area (Å²) in [7, 11) is 1.64. The average molecular weight is 294 g/mol. The van der Waals surface area contributed by atoms with Crippen molar-refractivity contribution in [2.45, 2.75) is 6.42 Å². The molecule has 0 aliphatic heterocycles. The molecular weight excluding hydrogens is 276 g/mol. The maximum absolute atomic E-state index is 5.65. The number of methoxy groups -OCH3 is 1. The van der Waals surface area contributed by atoms with Crippen molar-refractivity contribution in [2.75, 3.05) is 44.5 Å². The van der Waals surface area contributed by atoms with E-state index in [1.165, 1.54) is 17.3 Å². The Bertz CT molecular complexity index is 533. The molecule has 0 aliphatic rings. The van der Waals surface area contributed by atoms with Crippen molar-refractivity contribution in [3.8, 4) is 5.95 Å². The Morgan fingerprint density at radius 1 is 1.24 bits per heavy atom. The zero-order valence-electron chi connectivity index (χ0n) is 11.8. The maximum Gasteiger partial charge on any atom is 0.258 e. The van der Waals surface area contributed by atoms with Gasteiger partial charge in [-0.15, -0.1) is 0 Å². The summed E-state index contributed by atoms with van der Waals surface area (Å²) < 4.78 is 11.7. The Labute approximate surface area is 121 Å². The summed E-state index contributed by atoms with van der Waals surface area (Å²) in [5.41, 5.74) is 5.65. The highest BCUT2D eigenvalue weighted by molar-refractivity contribution is 5.34. The fraction of sp³-hybridized carbons (Fsp3) is 0.545. The monoisotopic (exact) mass is 294 g/mol. The number of rotatable bonds is 9. The second-order valence-electron chi connectivity index (χ2n) is 4.04. The van der Waals surface area contributed by atoms with Gasteiger partial charge in [0.1, 0.15) is 12.7 Å². The van der Waals surface area contributed by atoms with Crippen molar-refractivity contribution in [1.29, 1.82) is 0 Å². The van der Waals surface area contributed by atoms with E-state index >= 15 is 0 Å². The lowest BCUT2D eigenvalue weighted by Gasteiger charge is -2.07. The molecule has 0 saturated heterocycles. The van der Waals surface area contributed by atoms with Crippen LogP contribution in [0.5, 0.6) is 0 Å². The lowest BCUT2D eigenvalue weighted by atomic mass is 10.4. The third kappa shape index (κ3) is 4.93. The van der Waals surface area contributed by atoms with E-state index in [-0.39, 0.29) is 5.95 Å². The molecule has 2 aromatic rings. The Morgan fingerprint density at radius 2 is 2.14 bits per heavy atom. The smallest absolute Gasteiger partial charge is 0.258 e. The predicted molar refractivity (Wildman–Crippen MR) is 75.0 cm³/mol. The summed E-state index contributed by atoms with van der Waals surface area (Å²) in [6, 6.07) is 0. The molecule has 2 heterocycles. The zero-order chi connectivity index (χ0) is 14.9. The first kappa shape index (κ1) is 15.1. The van der Waals surface area contributed by atoms with E-state index in [1.54, 1.807) is 7.11 Å². The molecule has 0 atom stereocenters. The van der Waals surface area contributed by atoms with Crippen LogP contribution in [0.15, 0.2) is 12.7 Å². The number of nitrogens with one attached hydrogen (secondary N) is 1. The highest BCUT2D eigenvalue weighted by atomic mass is 16.5. The SMILES string of the molecule is COCCOCCCNc1nc(N)nc(-n2cncn2)n1. The fourth-order valence-corrected chi connectivity index (χ4v) is 1.49. The molecule has 0 unspecified atom stereocenters.